The molecule has 0 saturated carbocycles. The summed E-state index contributed by atoms with van der Waals surface area (Å²) in [7, 11) is 0. The second-order valence-corrected chi connectivity index (χ2v) is 6.51. The zero-order valence-corrected chi connectivity index (χ0v) is 15.9. The number of rotatable bonds is 9. The van der Waals surface area contributed by atoms with Crippen molar-refractivity contribution in [3.05, 3.63) is 34.9 Å². The van der Waals surface area contributed by atoms with Gasteiger partial charge in [0.15, 0.2) is 0 Å². The van der Waals surface area contributed by atoms with Crippen LogP contribution >= 0.6 is 11.6 Å². The summed E-state index contributed by atoms with van der Waals surface area (Å²) < 4.78 is 0. The maximum Gasteiger partial charge on any atom is 0.243 e. The molecular formula is C19H29ClN2O2. The zero-order valence-electron chi connectivity index (χ0n) is 15.1. The molecule has 0 aliphatic rings. The molecule has 24 heavy (non-hydrogen) atoms. The first-order valence-electron chi connectivity index (χ1n) is 8.77. The number of carbonyl (C=O) groups excluding carboxylic acids is 2. The molecule has 0 saturated heterocycles. The molecule has 2 atom stereocenters. The van der Waals surface area contributed by atoms with Crippen LogP contribution in [0.1, 0.15) is 58.9 Å². The van der Waals surface area contributed by atoms with Crippen molar-refractivity contribution < 1.29 is 9.59 Å². The van der Waals surface area contributed by atoms with Gasteiger partial charge in [0.25, 0.3) is 0 Å². The van der Waals surface area contributed by atoms with Crippen molar-refractivity contribution in [2.75, 3.05) is 0 Å². The Kier molecular flexibility index (Phi) is 8.83. The van der Waals surface area contributed by atoms with Gasteiger partial charge in [-0.3, -0.25) is 9.59 Å². The van der Waals surface area contributed by atoms with Gasteiger partial charge in [-0.2, -0.15) is 0 Å². The summed E-state index contributed by atoms with van der Waals surface area (Å²) in [4.78, 5) is 26.9. The number of carbonyl (C=O) groups is 2. The third-order valence-electron chi connectivity index (χ3n) is 4.15. The van der Waals surface area contributed by atoms with Crippen LogP contribution in [0.5, 0.6) is 0 Å². The summed E-state index contributed by atoms with van der Waals surface area (Å²) in [5, 5.41) is 3.61. The molecule has 0 radical (unpaired) electrons. The van der Waals surface area contributed by atoms with E-state index in [-0.39, 0.29) is 17.9 Å². The fraction of sp³-hybridized carbons (Fsp3) is 0.579. The first kappa shape index (κ1) is 20.5. The molecule has 0 unspecified atom stereocenters. The molecule has 0 aliphatic carbocycles. The maximum absolute atomic E-state index is 12.6. The fourth-order valence-corrected chi connectivity index (χ4v) is 2.72. The van der Waals surface area contributed by atoms with Crippen molar-refractivity contribution in [3.63, 3.8) is 0 Å². The molecule has 1 N–H and O–H groups in total. The van der Waals surface area contributed by atoms with Crippen LogP contribution < -0.4 is 5.32 Å². The van der Waals surface area contributed by atoms with Gasteiger partial charge in [0.05, 0.1) is 0 Å². The summed E-state index contributed by atoms with van der Waals surface area (Å²) in [6.45, 7) is 8.24. The van der Waals surface area contributed by atoms with E-state index in [0.717, 1.165) is 18.4 Å². The Bertz CT molecular complexity index is 548. The van der Waals surface area contributed by atoms with E-state index in [1.54, 1.807) is 11.0 Å². The van der Waals surface area contributed by atoms with Crippen LogP contribution in [-0.4, -0.2) is 28.8 Å². The molecule has 0 bridgehead atoms. The van der Waals surface area contributed by atoms with Gasteiger partial charge in [-0.1, -0.05) is 50.6 Å². The quantitative estimate of drug-likeness (QED) is 0.725. The highest BCUT2D eigenvalue weighted by molar-refractivity contribution is 6.31. The van der Waals surface area contributed by atoms with Gasteiger partial charge in [0.1, 0.15) is 6.04 Å². The lowest BCUT2D eigenvalue weighted by Crippen LogP contribution is -2.50. The minimum atomic E-state index is -0.477. The smallest absolute Gasteiger partial charge is 0.243 e. The fourth-order valence-electron chi connectivity index (χ4n) is 2.53. The normalized spacial score (nSPS) is 13.2. The summed E-state index contributed by atoms with van der Waals surface area (Å²) in [6, 6.07) is 7.07. The summed E-state index contributed by atoms with van der Waals surface area (Å²) >= 11 is 6.25. The molecule has 0 aromatic heterocycles. The van der Waals surface area contributed by atoms with E-state index in [1.807, 2.05) is 45.9 Å². The average Bonchev–Trinajstić information content (AvgIpc) is 2.56. The third kappa shape index (κ3) is 5.82. The monoisotopic (exact) mass is 352 g/mol. The van der Waals surface area contributed by atoms with Crippen LogP contribution in [0, 0.1) is 0 Å². The molecule has 134 valence electrons. The molecule has 1 rings (SSSR count). The highest BCUT2D eigenvalue weighted by Gasteiger charge is 2.29. The molecular weight excluding hydrogens is 324 g/mol. The van der Waals surface area contributed by atoms with Crippen molar-refractivity contribution >= 4 is 23.4 Å². The van der Waals surface area contributed by atoms with Crippen molar-refractivity contribution in [1.29, 1.82) is 0 Å². The number of halogens is 1. The lowest BCUT2D eigenvalue weighted by Gasteiger charge is -2.31. The number of hydrogen-bond acceptors (Lipinski definition) is 2. The van der Waals surface area contributed by atoms with E-state index in [0.29, 0.717) is 24.4 Å². The van der Waals surface area contributed by atoms with Gasteiger partial charge < -0.3 is 10.2 Å². The minimum Gasteiger partial charge on any atom is -0.352 e. The highest BCUT2D eigenvalue weighted by Crippen LogP contribution is 2.20. The maximum atomic E-state index is 12.6. The van der Waals surface area contributed by atoms with Crippen LogP contribution in [0.25, 0.3) is 0 Å². The van der Waals surface area contributed by atoms with Gasteiger partial charge in [-0.05, 0) is 37.8 Å². The SMILES string of the molecule is CCCC(=O)N(Cc1ccccc1Cl)[C@H](CC)C(=O)N[C@@H](C)CC. The molecule has 0 aliphatic heterocycles. The number of benzene rings is 1. The Labute approximate surface area is 150 Å². The van der Waals surface area contributed by atoms with Crippen LogP contribution in [0.3, 0.4) is 0 Å². The Morgan fingerprint density at radius 3 is 2.38 bits per heavy atom. The standard InChI is InChI=1S/C19H29ClN2O2/c1-5-10-18(23)22(13-15-11-8-9-12-16(15)20)17(7-3)19(24)21-14(4)6-2/h8-9,11-12,14,17H,5-7,10,13H2,1-4H3,(H,21,24)/t14-,17+/m0/s1. The second-order valence-electron chi connectivity index (χ2n) is 6.10. The Hall–Kier alpha value is -1.55. The van der Waals surface area contributed by atoms with E-state index in [9.17, 15) is 9.59 Å². The molecule has 2 amide bonds. The molecule has 1 aromatic rings. The Balaban J connectivity index is 3.04. The predicted octanol–water partition coefficient (Wildman–Crippen LogP) is 4.16. The highest BCUT2D eigenvalue weighted by atomic mass is 35.5. The molecule has 0 fully saturated rings. The molecule has 4 nitrogen and oxygen atoms in total. The second kappa shape index (κ2) is 10.3. The predicted molar refractivity (Wildman–Crippen MR) is 98.9 cm³/mol. The number of amides is 2. The molecule has 5 heteroatoms. The zero-order chi connectivity index (χ0) is 18.1. The largest absolute Gasteiger partial charge is 0.352 e. The van der Waals surface area contributed by atoms with Gasteiger partial charge in [-0.25, -0.2) is 0 Å². The first-order chi connectivity index (χ1) is 11.4. The molecule has 0 heterocycles. The van der Waals surface area contributed by atoms with Crippen molar-refractivity contribution in [2.24, 2.45) is 0 Å². The number of nitrogens with zero attached hydrogens (tertiary/aromatic N) is 1. The van der Waals surface area contributed by atoms with E-state index < -0.39 is 6.04 Å². The average molecular weight is 353 g/mol. The molecule has 1 aromatic carbocycles. The topological polar surface area (TPSA) is 49.4 Å². The van der Waals surface area contributed by atoms with E-state index in [1.165, 1.54) is 0 Å². The van der Waals surface area contributed by atoms with Gasteiger partial charge >= 0.3 is 0 Å². The minimum absolute atomic E-state index is 0.0106. The van der Waals surface area contributed by atoms with E-state index in [2.05, 4.69) is 5.32 Å². The Morgan fingerprint density at radius 2 is 1.83 bits per heavy atom. The number of hydrogen-bond donors (Lipinski definition) is 1. The van der Waals surface area contributed by atoms with Crippen molar-refractivity contribution in [2.45, 2.75) is 72.0 Å². The van der Waals surface area contributed by atoms with Crippen molar-refractivity contribution in [3.8, 4) is 0 Å². The van der Waals surface area contributed by atoms with Crippen LogP contribution in [-0.2, 0) is 16.1 Å². The summed E-state index contributed by atoms with van der Waals surface area (Å²) in [6.07, 6.45) is 2.61. The number of nitrogens with one attached hydrogen (secondary N) is 1. The molecule has 0 spiro atoms. The van der Waals surface area contributed by atoms with Crippen LogP contribution in [0.4, 0.5) is 0 Å². The third-order valence-corrected chi connectivity index (χ3v) is 4.52. The van der Waals surface area contributed by atoms with E-state index in [4.69, 9.17) is 11.6 Å². The Morgan fingerprint density at radius 1 is 1.17 bits per heavy atom. The van der Waals surface area contributed by atoms with Gasteiger partial charge in [0, 0.05) is 24.0 Å². The van der Waals surface area contributed by atoms with Gasteiger partial charge in [0.2, 0.25) is 11.8 Å². The van der Waals surface area contributed by atoms with Crippen LogP contribution in [0.2, 0.25) is 5.02 Å². The lowest BCUT2D eigenvalue weighted by atomic mass is 10.1. The van der Waals surface area contributed by atoms with Gasteiger partial charge in [-0.15, -0.1) is 0 Å². The summed E-state index contributed by atoms with van der Waals surface area (Å²) in [5.41, 5.74) is 0.860. The first-order valence-corrected chi connectivity index (χ1v) is 9.15. The summed E-state index contributed by atoms with van der Waals surface area (Å²) in [5.74, 6) is -0.105. The van der Waals surface area contributed by atoms with Crippen LogP contribution in [0.15, 0.2) is 24.3 Å². The van der Waals surface area contributed by atoms with Crippen molar-refractivity contribution in [1.82, 2.24) is 10.2 Å². The van der Waals surface area contributed by atoms with E-state index >= 15 is 0 Å². The lowest BCUT2D eigenvalue weighted by molar-refractivity contribution is -0.141.